The second kappa shape index (κ2) is 6.91. The molecule has 0 saturated heterocycles. The zero-order chi connectivity index (χ0) is 14.5. The smallest absolute Gasteiger partial charge is 0.0434 e. The fourth-order valence-corrected chi connectivity index (χ4v) is 2.84. The van der Waals surface area contributed by atoms with E-state index in [1.807, 2.05) is 0 Å². The molecule has 0 unspecified atom stereocenters. The number of nitrogens with zero attached hydrogens (tertiary/aromatic N) is 1. The Hall–Kier alpha value is -1.32. The predicted molar refractivity (Wildman–Crippen MR) is 89.6 cm³/mol. The topological polar surface area (TPSA) is 15.3 Å². The van der Waals surface area contributed by atoms with Crippen LogP contribution in [-0.2, 0) is 13.1 Å². The van der Waals surface area contributed by atoms with E-state index >= 15 is 0 Å². The van der Waals surface area contributed by atoms with Gasteiger partial charge in [-0.3, -0.25) is 0 Å². The highest BCUT2D eigenvalue weighted by molar-refractivity contribution is 7.07. The first kappa shape index (κ1) is 15.1. The maximum absolute atomic E-state index is 3.48. The second-order valence-electron chi connectivity index (χ2n) is 5.63. The summed E-state index contributed by atoms with van der Waals surface area (Å²) in [5.41, 5.74) is 5.39. The Bertz CT molecular complexity index is 532. The summed E-state index contributed by atoms with van der Waals surface area (Å²) in [6, 6.07) is 9.45. The molecule has 0 aliphatic carbocycles. The predicted octanol–water partition coefficient (Wildman–Crippen LogP) is 4.19. The van der Waals surface area contributed by atoms with Gasteiger partial charge in [-0.15, -0.1) is 0 Å². The van der Waals surface area contributed by atoms with Crippen molar-refractivity contribution in [3.05, 3.63) is 51.7 Å². The van der Waals surface area contributed by atoms with Crippen LogP contribution in [0, 0.1) is 6.92 Å². The molecular formula is C17H24N2S. The number of hydrogen-bond acceptors (Lipinski definition) is 3. The molecule has 0 bridgehead atoms. The van der Waals surface area contributed by atoms with E-state index < -0.39 is 0 Å². The van der Waals surface area contributed by atoms with Crippen LogP contribution in [0.4, 0.5) is 5.69 Å². The number of rotatable bonds is 6. The third-order valence-electron chi connectivity index (χ3n) is 3.47. The molecule has 0 fully saturated rings. The van der Waals surface area contributed by atoms with Gasteiger partial charge >= 0.3 is 0 Å². The molecule has 2 rings (SSSR count). The number of thiophene rings is 1. The van der Waals surface area contributed by atoms with Crippen LogP contribution >= 0.6 is 11.3 Å². The first-order chi connectivity index (χ1) is 9.56. The van der Waals surface area contributed by atoms with Gasteiger partial charge in [0, 0.05) is 31.9 Å². The summed E-state index contributed by atoms with van der Waals surface area (Å²) in [4.78, 5) is 2.30. The van der Waals surface area contributed by atoms with Gasteiger partial charge in [0.1, 0.15) is 0 Å². The van der Waals surface area contributed by atoms with Gasteiger partial charge in [0.05, 0.1) is 0 Å². The molecule has 0 aliphatic rings. The van der Waals surface area contributed by atoms with E-state index in [-0.39, 0.29) is 0 Å². The third kappa shape index (κ3) is 4.09. The van der Waals surface area contributed by atoms with Crippen LogP contribution in [0.3, 0.4) is 0 Å². The van der Waals surface area contributed by atoms with Crippen molar-refractivity contribution in [1.29, 1.82) is 0 Å². The van der Waals surface area contributed by atoms with Gasteiger partial charge in [0.2, 0.25) is 0 Å². The highest BCUT2D eigenvalue weighted by atomic mass is 32.1. The Kier molecular flexibility index (Phi) is 5.21. The minimum atomic E-state index is 0.523. The Morgan fingerprint density at radius 1 is 1.25 bits per heavy atom. The summed E-state index contributed by atoms with van der Waals surface area (Å²) in [6.45, 7) is 8.46. The lowest BCUT2D eigenvalue weighted by molar-refractivity contribution is 0.587. The minimum Gasteiger partial charge on any atom is -0.370 e. The van der Waals surface area contributed by atoms with Gasteiger partial charge in [-0.2, -0.15) is 11.3 Å². The molecule has 1 aromatic heterocycles. The third-order valence-corrected chi connectivity index (χ3v) is 4.20. The van der Waals surface area contributed by atoms with Crippen molar-refractivity contribution in [3.63, 3.8) is 0 Å². The Morgan fingerprint density at radius 2 is 2.05 bits per heavy atom. The van der Waals surface area contributed by atoms with Crippen molar-refractivity contribution >= 4 is 17.0 Å². The lowest BCUT2D eigenvalue weighted by Gasteiger charge is -2.20. The van der Waals surface area contributed by atoms with Crippen LogP contribution in [0.15, 0.2) is 35.0 Å². The molecule has 2 aromatic rings. The lowest BCUT2D eigenvalue weighted by Crippen LogP contribution is -2.22. The maximum Gasteiger partial charge on any atom is 0.0434 e. The van der Waals surface area contributed by atoms with Crippen molar-refractivity contribution in [1.82, 2.24) is 5.32 Å². The van der Waals surface area contributed by atoms with Gasteiger partial charge in [-0.1, -0.05) is 19.9 Å². The van der Waals surface area contributed by atoms with Gasteiger partial charge in [-0.05, 0) is 52.6 Å². The Morgan fingerprint density at radius 3 is 2.65 bits per heavy atom. The number of nitrogens with one attached hydrogen (secondary N) is 1. The molecule has 0 aliphatic heterocycles. The molecular weight excluding hydrogens is 264 g/mol. The molecule has 1 aromatic carbocycles. The van der Waals surface area contributed by atoms with E-state index in [1.54, 1.807) is 11.3 Å². The van der Waals surface area contributed by atoms with E-state index in [0.717, 1.165) is 13.1 Å². The molecule has 1 N–H and O–H groups in total. The number of hydrogen-bond donors (Lipinski definition) is 1. The zero-order valence-corrected chi connectivity index (χ0v) is 13.6. The maximum atomic E-state index is 3.48. The average Bonchev–Trinajstić information content (AvgIpc) is 2.89. The van der Waals surface area contributed by atoms with Crippen molar-refractivity contribution in [3.8, 4) is 0 Å². The zero-order valence-electron chi connectivity index (χ0n) is 12.8. The van der Waals surface area contributed by atoms with Crippen LogP contribution in [-0.4, -0.2) is 13.1 Å². The van der Waals surface area contributed by atoms with E-state index in [1.165, 1.54) is 22.4 Å². The second-order valence-corrected chi connectivity index (χ2v) is 6.41. The molecule has 1 heterocycles. The SMILES string of the molecule is Cc1cc(N(C)Cc2ccsc2)ccc1CNC(C)C. The molecule has 0 amide bonds. The summed E-state index contributed by atoms with van der Waals surface area (Å²) in [6.07, 6.45) is 0. The van der Waals surface area contributed by atoms with Crippen LogP contribution < -0.4 is 10.2 Å². The highest BCUT2D eigenvalue weighted by Gasteiger charge is 2.06. The van der Waals surface area contributed by atoms with E-state index in [9.17, 15) is 0 Å². The largest absolute Gasteiger partial charge is 0.370 e. The van der Waals surface area contributed by atoms with Crippen LogP contribution in [0.25, 0.3) is 0 Å². The summed E-state index contributed by atoms with van der Waals surface area (Å²) < 4.78 is 0. The number of aryl methyl sites for hydroxylation is 1. The summed E-state index contributed by atoms with van der Waals surface area (Å²) >= 11 is 1.76. The molecule has 2 nitrogen and oxygen atoms in total. The molecule has 108 valence electrons. The molecule has 0 radical (unpaired) electrons. The Labute approximate surface area is 126 Å². The van der Waals surface area contributed by atoms with Gasteiger partial charge < -0.3 is 10.2 Å². The van der Waals surface area contributed by atoms with Crippen LogP contribution in [0.2, 0.25) is 0 Å². The molecule has 20 heavy (non-hydrogen) atoms. The first-order valence-electron chi connectivity index (χ1n) is 7.11. The van der Waals surface area contributed by atoms with Crippen molar-refractivity contribution < 1.29 is 0 Å². The molecule has 0 spiro atoms. The molecule has 0 atom stereocenters. The normalized spacial score (nSPS) is 11.1. The number of anilines is 1. The van der Waals surface area contributed by atoms with E-state index in [2.05, 4.69) is 73.1 Å². The van der Waals surface area contributed by atoms with Gasteiger partial charge in [-0.25, -0.2) is 0 Å². The Balaban J connectivity index is 2.04. The summed E-state index contributed by atoms with van der Waals surface area (Å²) in [5.74, 6) is 0. The van der Waals surface area contributed by atoms with E-state index in [4.69, 9.17) is 0 Å². The van der Waals surface area contributed by atoms with Gasteiger partial charge in [0.25, 0.3) is 0 Å². The average molecular weight is 288 g/mol. The summed E-state index contributed by atoms with van der Waals surface area (Å²) in [7, 11) is 2.15. The highest BCUT2D eigenvalue weighted by Crippen LogP contribution is 2.20. The molecule has 0 saturated carbocycles. The fraction of sp³-hybridized carbons (Fsp3) is 0.412. The van der Waals surface area contributed by atoms with Crippen LogP contribution in [0.5, 0.6) is 0 Å². The summed E-state index contributed by atoms with van der Waals surface area (Å²) in [5, 5.41) is 7.82. The fourth-order valence-electron chi connectivity index (χ4n) is 2.18. The lowest BCUT2D eigenvalue weighted by atomic mass is 10.1. The molecule has 3 heteroatoms. The monoisotopic (exact) mass is 288 g/mol. The van der Waals surface area contributed by atoms with E-state index in [0.29, 0.717) is 6.04 Å². The number of benzene rings is 1. The first-order valence-corrected chi connectivity index (χ1v) is 8.05. The van der Waals surface area contributed by atoms with Crippen LogP contribution in [0.1, 0.15) is 30.5 Å². The quantitative estimate of drug-likeness (QED) is 0.857. The minimum absolute atomic E-state index is 0.523. The van der Waals surface area contributed by atoms with Crippen molar-refractivity contribution in [2.45, 2.75) is 39.9 Å². The van der Waals surface area contributed by atoms with Crippen molar-refractivity contribution in [2.24, 2.45) is 0 Å². The van der Waals surface area contributed by atoms with Gasteiger partial charge in [0.15, 0.2) is 0 Å². The van der Waals surface area contributed by atoms with Crippen molar-refractivity contribution in [2.75, 3.05) is 11.9 Å². The standard InChI is InChI=1S/C17H24N2S/c1-13(2)18-10-16-5-6-17(9-14(16)3)19(4)11-15-7-8-20-12-15/h5-9,12-13,18H,10-11H2,1-4H3.